The molecule has 0 bridgehead atoms. The fourth-order valence-electron chi connectivity index (χ4n) is 3.28. The molecule has 0 saturated carbocycles. The largest absolute Gasteiger partial charge is 0.380 e. The summed E-state index contributed by atoms with van der Waals surface area (Å²) < 4.78 is 5.53. The van der Waals surface area contributed by atoms with Crippen LogP contribution in [0.1, 0.15) is 43.9 Å². The van der Waals surface area contributed by atoms with Crippen LogP contribution in [0.3, 0.4) is 0 Å². The first-order valence-electron chi connectivity index (χ1n) is 8.19. The Kier molecular flexibility index (Phi) is 6.22. The van der Waals surface area contributed by atoms with Crippen LogP contribution in [0.4, 0.5) is 0 Å². The SMILES string of the molecule is COC1CCCN(C(CN)c2ccc(CC(C)C)cc2)C1. The molecular formula is C18H30N2O. The van der Waals surface area contributed by atoms with E-state index in [4.69, 9.17) is 10.5 Å². The maximum absolute atomic E-state index is 6.06. The van der Waals surface area contributed by atoms with Crippen LogP contribution in [-0.4, -0.2) is 37.7 Å². The highest BCUT2D eigenvalue weighted by molar-refractivity contribution is 5.26. The molecule has 2 rings (SSSR count). The van der Waals surface area contributed by atoms with Crippen LogP contribution in [0.5, 0.6) is 0 Å². The van der Waals surface area contributed by atoms with Crippen molar-refractivity contribution in [2.24, 2.45) is 11.7 Å². The zero-order valence-electron chi connectivity index (χ0n) is 13.7. The summed E-state index contributed by atoms with van der Waals surface area (Å²) in [6.45, 7) is 7.30. The zero-order valence-corrected chi connectivity index (χ0v) is 13.7. The average molecular weight is 290 g/mol. The third-order valence-corrected chi connectivity index (χ3v) is 4.42. The Morgan fingerprint density at radius 2 is 2.00 bits per heavy atom. The zero-order chi connectivity index (χ0) is 15.2. The maximum Gasteiger partial charge on any atom is 0.0698 e. The van der Waals surface area contributed by atoms with Crippen LogP contribution >= 0.6 is 0 Å². The van der Waals surface area contributed by atoms with Gasteiger partial charge in [-0.05, 0) is 42.9 Å². The van der Waals surface area contributed by atoms with Crippen LogP contribution in [0.2, 0.25) is 0 Å². The first-order chi connectivity index (χ1) is 10.1. The van der Waals surface area contributed by atoms with Crippen LogP contribution in [0.15, 0.2) is 24.3 Å². The number of methoxy groups -OCH3 is 1. The van der Waals surface area contributed by atoms with Gasteiger partial charge in [0.2, 0.25) is 0 Å². The third kappa shape index (κ3) is 4.53. The van der Waals surface area contributed by atoms with E-state index in [1.165, 1.54) is 17.5 Å². The van der Waals surface area contributed by atoms with E-state index in [0.29, 0.717) is 24.6 Å². The molecule has 21 heavy (non-hydrogen) atoms. The van der Waals surface area contributed by atoms with Gasteiger partial charge < -0.3 is 10.5 Å². The number of rotatable bonds is 6. The minimum Gasteiger partial charge on any atom is -0.380 e. The topological polar surface area (TPSA) is 38.5 Å². The maximum atomic E-state index is 6.06. The molecule has 2 atom stereocenters. The second kappa shape index (κ2) is 7.92. The number of piperidine rings is 1. The van der Waals surface area contributed by atoms with Crippen LogP contribution in [0, 0.1) is 5.92 Å². The molecule has 0 aliphatic carbocycles. The molecule has 118 valence electrons. The highest BCUT2D eigenvalue weighted by Gasteiger charge is 2.25. The minimum atomic E-state index is 0.316. The Bertz CT molecular complexity index is 416. The van der Waals surface area contributed by atoms with E-state index in [2.05, 4.69) is 43.0 Å². The fourth-order valence-corrected chi connectivity index (χ4v) is 3.28. The molecule has 0 amide bonds. The fraction of sp³-hybridized carbons (Fsp3) is 0.667. The lowest BCUT2D eigenvalue weighted by atomic mass is 9.97. The van der Waals surface area contributed by atoms with E-state index < -0.39 is 0 Å². The smallest absolute Gasteiger partial charge is 0.0698 e. The molecule has 0 aromatic heterocycles. The molecule has 1 fully saturated rings. The van der Waals surface area contributed by atoms with Crippen molar-refractivity contribution >= 4 is 0 Å². The molecule has 1 aromatic carbocycles. The van der Waals surface area contributed by atoms with Crippen molar-refractivity contribution < 1.29 is 4.74 Å². The number of hydrogen-bond acceptors (Lipinski definition) is 3. The highest BCUT2D eigenvalue weighted by atomic mass is 16.5. The van der Waals surface area contributed by atoms with Crippen molar-refractivity contribution in [3.63, 3.8) is 0 Å². The highest BCUT2D eigenvalue weighted by Crippen LogP contribution is 2.25. The van der Waals surface area contributed by atoms with Crippen LogP contribution in [0.25, 0.3) is 0 Å². The van der Waals surface area contributed by atoms with E-state index in [1.807, 2.05) is 7.11 Å². The molecule has 1 saturated heterocycles. The number of ether oxygens (including phenoxy) is 1. The Balaban J connectivity index is 2.06. The van der Waals surface area contributed by atoms with Crippen molar-refractivity contribution in [2.75, 3.05) is 26.7 Å². The van der Waals surface area contributed by atoms with Gasteiger partial charge in [0, 0.05) is 26.2 Å². The Morgan fingerprint density at radius 1 is 1.29 bits per heavy atom. The minimum absolute atomic E-state index is 0.316. The quantitative estimate of drug-likeness (QED) is 0.875. The standard InChI is InChI=1S/C18H30N2O/c1-14(2)11-15-6-8-16(9-7-15)18(12-19)20-10-4-5-17(13-20)21-3/h6-9,14,17-18H,4-5,10-13,19H2,1-3H3. The van der Waals surface area contributed by atoms with E-state index >= 15 is 0 Å². The van der Waals surface area contributed by atoms with Gasteiger partial charge in [0.25, 0.3) is 0 Å². The molecule has 1 heterocycles. The van der Waals surface area contributed by atoms with Gasteiger partial charge in [-0.3, -0.25) is 4.90 Å². The Hall–Kier alpha value is -0.900. The van der Waals surface area contributed by atoms with Gasteiger partial charge in [-0.1, -0.05) is 38.1 Å². The monoisotopic (exact) mass is 290 g/mol. The Labute approximate surface area is 129 Å². The summed E-state index contributed by atoms with van der Waals surface area (Å²) in [6.07, 6.45) is 3.86. The first-order valence-corrected chi connectivity index (χ1v) is 8.19. The van der Waals surface area contributed by atoms with Gasteiger partial charge in [-0.15, -0.1) is 0 Å². The van der Waals surface area contributed by atoms with Gasteiger partial charge in [-0.25, -0.2) is 0 Å². The predicted octanol–water partition coefficient (Wildman–Crippen LogP) is 3.00. The predicted molar refractivity (Wildman–Crippen MR) is 88.4 cm³/mol. The number of likely N-dealkylation sites (tertiary alicyclic amines) is 1. The summed E-state index contributed by atoms with van der Waals surface area (Å²) >= 11 is 0. The number of hydrogen-bond donors (Lipinski definition) is 1. The van der Waals surface area contributed by atoms with Gasteiger partial charge in [-0.2, -0.15) is 0 Å². The average Bonchev–Trinajstić information content (AvgIpc) is 2.49. The number of nitrogens with two attached hydrogens (primary N) is 1. The van der Waals surface area contributed by atoms with Gasteiger partial charge in [0.15, 0.2) is 0 Å². The summed E-state index contributed by atoms with van der Waals surface area (Å²) in [5.41, 5.74) is 8.81. The van der Waals surface area contributed by atoms with Crippen LogP contribution < -0.4 is 5.73 Å². The lowest BCUT2D eigenvalue weighted by molar-refractivity contribution is 0.0155. The Morgan fingerprint density at radius 3 is 2.57 bits per heavy atom. The molecule has 1 aliphatic rings. The summed E-state index contributed by atoms with van der Waals surface area (Å²) in [6, 6.07) is 9.35. The summed E-state index contributed by atoms with van der Waals surface area (Å²) in [4.78, 5) is 2.48. The molecule has 0 spiro atoms. The molecule has 3 heteroatoms. The number of benzene rings is 1. The van der Waals surface area contributed by atoms with Crippen LogP contribution in [-0.2, 0) is 11.2 Å². The second-order valence-electron chi connectivity index (χ2n) is 6.59. The van der Waals surface area contributed by atoms with Crippen molar-refractivity contribution in [2.45, 2.75) is 45.3 Å². The van der Waals surface area contributed by atoms with E-state index in [0.717, 1.165) is 25.9 Å². The van der Waals surface area contributed by atoms with Crippen molar-refractivity contribution in [1.29, 1.82) is 0 Å². The molecule has 2 N–H and O–H groups in total. The molecule has 3 nitrogen and oxygen atoms in total. The summed E-state index contributed by atoms with van der Waals surface area (Å²) in [5.74, 6) is 0.700. The lowest BCUT2D eigenvalue weighted by Crippen LogP contribution is -2.43. The van der Waals surface area contributed by atoms with Gasteiger partial charge in [0.05, 0.1) is 6.10 Å². The van der Waals surface area contributed by atoms with E-state index in [-0.39, 0.29) is 0 Å². The molecule has 2 unspecified atom stereocenters. The number of nitrogens with zero attached hydrogens (tertiary/aromatic N) is 1. The van der Waals surface area contributed by atoms with E-state index in [1.54, 1.807) is 0 Å². The van der Waals surface area contributed by atoms with Crippen molar-refractivity contribution in [1.82, 2.24) is 4.90 Å². The first kappa shape index (κ1) is 16.5. The molecule has 0 radical (unpaired) electrons. The van der Waals surface area contributed by atoms with E-state index in [9.17, 15) is 0 Å². The third-order valence-electron chi connectivity index (χ3n) is 4.42. The molecular weight excluding hydrogens is 260 g/mol. The van der Waals surface area contributed by atoms with Gasteiger partial charge in [0.1, 0.15) is 0 Å². The summed E-state index contributed by atoms with van der Waals surface area (Å²) in [5, 5.41) is 0. The molecule has 1 aromatic rings. The normalized spacial score (nSPS) is 21.7. The lowest BCUT2D eigenvalue weighted by Gasteiger charge is -2.37. The molecule has 1 aliphatic heterocycles. The second-order valence-corrected chi connectivity index (χ2v) is 6.59. The van der Waals surface area contributed by atoms with Gasteiger partial charge >= 0.3 is 0 Å². The van der Waals surface area contributed by atoms with Crippen molar-refractivity contribution in [3.8, 4) is 0 Å². The summed E-state index contributed by atoms with van der Waals surface area (Å²) in [7, 11) is 1.81. The van der Waals surface area contributed by atoms with Crippen molar-refractivity contribution in [3.05, 3.63) is 35.4 Å².